The van der Waals surface area contributed by atoms with E-state index in [-0.39, 0.29) is 4.90 Å². The number of hydrogen-bond donors (Lipinski definition) is 0. The van der Waals surface area contributed by atoms with Crippen molar-refractivity contribution in [1.29, 1.82) is 0 Å². The van der Waals surface area contributed by atoms with Crippen LogP contribution in [0.5, 0.6) is 0 Å². The van der Waals surface area contributed by atoms with Gasteiger partial charge < -0.3 is 0 Å². The number of aromatic nitrogens is 3. The lowest BCUT2D eigenvalue weighted by Crippen LogP contribution is -2.48. The SMILES string of the molecule is O=S(=O)(c1cccc(F)c1)N1CCN(Cn2nc3sc4ccccc4n3c2=S)CC1. The molecule has 0 amide bonds. The first-order valence-corrected chi connectivity index (χ1v) is 12.1. The van der Waals surface area contributed by atoms with Gasteiger partial charge in [0.2, 0.25) is 19.8 Å². The molecule has 0 bridgehead atoms. The minimum atomic E-state index is -3.70. The summed E-state index contributed by atoms with van der Waals surface area (Å²) in [5, 5.41) is 4.65. The fourth-order valence-electron chi connectivity index (χ4n) is 3.66. The third-order valence-corrected chi connectivity index (χ3v) is 8.52. The number of para-hydroxylation sites is 1. The second-order valence-corrected chi connectivity index (χ2v) is 10.4. The Balaban J connectivity index is 1.32. The first-order valence-electron chi connectivity index (χ1n) is 9.39. The highest BCUT2D eigenvalue weighted by Gasteiger charge is 2.29. The number of benzene rings is 2. The quantitative estimate of drug-likeness (QED) is 0.435. The van der Waals surface area contributed by atoms with E-state index in [9.17, 15) is 12.8 Å². The molecule has 2 aromatic heterocycles. The summed E-state index contributed by atoms with van der Waals surface area (Å²) in [6, 6.07) is 13.2. The topological polar surface area (TPSA) is 62.9 Å². The van der Waals surface area contributed by atoms with Crippen molar-refractivity contribution in [3.8, 4) is 0 Å². The predicted octanol–water partition coefficient (Wildman–Crippen LogP) is 3.18. The molecule has 3 heterocycles. The van der Waals surface area contributed by atoms with Crippen LogP contribution in [0.25, 0.3) is 15.2 Å². The second kappa shape index (κ2) is 7.50. The Morgan fingerprint density at radius 1 is 1.07 bits per heavy atom. The maximum atomic E-state index is 13.5. The van der Waals surface area contributed by atoms with Crippen molar-refractivity contribution >= 4 is 48.8 Å². The molecule has 11 heteroatoms. The maximum absolute atomic E-state index is 13.5. The van der Waals surface area contributed by atoms with Crippen molar-refractivity contribution < 1.29 is 12.8 Å². The number of halogens is 1. The summed E-state index contributed by atoms with van der Waals surface area (Å²) in [5.74, 6) is -0.559. The van der Waals surface area contributed by atoms with E-state index in [1.165, 1.54) is 22.5 Å². The zero-order chi connectivity index (χ0) is 20.9. The molecular weight excluding hydrogens is 445 g/mol. The number of rotatable bonds is 4. The van der Waals surface area contributed by atoms with Crippen LogP contribution < -0.4 is 0 Å². The molecule has 0 aliphatic carbocycles. The molecule has 4 aromatic rings. The van der Waals surface area contributed by atoms with Gasteiger partial charge in [0.1, 0.15) is 5.82 Å². The van der Waals surface area contributed by atoms with Gasteiger partial charge in [-0.2, -0.15) is 4.31 Å². The van der Waals surface area contributed by atoms with Gasteiger partial charge in [0.15, 0.2) is 0 Å². The zero-order valence-corrected chi connectivity index (χ0v) is 18.3. The van der Waals surface area contributed by atoms with Crippen molar-refractivity contribution in [2.45, 2.75) is 11.6 Å². The minimum absolute atomic E-state index is 0.0145. The lowest BCUT2D eigenvalue weighted by atomic mass is 10.3. The number of piperazine rings is 1. The monoisotopic (exact) mass is 463 g/mol. The van der Waals surface area contributed by atoms with Crippen LogP contribution in [-0.2, 0) is 16.7 Å². The third-order valence-electron chi connectivity index (χ3n) is 5.22. The molecular formula is C19H18FN5O2S3. The molecule has 1 aliphatic heterocycles. The van der Waals surface area contributed by atoms with Crippen LogP contribution in [-0.4, -0.2) is 58.0 Å². The maximum Gasteiger partial charge on any atom is 0.243 e. The fourth-order valence-corrected chi connectivity index (χ4v) is 6.47. The highest BCUT2D eigenvalue weighted by molar-refractivity contribution is 7.89. The second-order valence-electron chi connectivity index (χ2n) is 7.09. The highest BCUT2D eigenvalue weighted by Crippen LogP contribution is 2.26. The molecule has 5 rings (SSSR count). The molecule has 1 aliphatic rings. The van der Waals surface area contributed by atoms with Gasteiger partial charge in [0.05, 0.1) is 21.8 Å². The largest absolute Gasteiger partial charge is 0.282 e. The van der Waals surface area contributed by atoms with E-state index in [4.69, 9.17) is 12.2 Å². The van der Waals surface area contributed by atoms with Crippen LogP contribution in [0.2, 0.25) is 0 Å². The normalized spacial score (nSPS) is 16.6. The van der Waals surface area contributed by atoms with E-state index in [1.54, 1.807) is 16.0 Å². The molecule has 0 N–H and O–H groups in total. The Morgan fingerprint density at radius 3 is 2.60 bits per heavy atom. The van der Waals surface area contributed by atoms with Gasteiger partial charge in [-0.3, -0.25) is 9.30 Å². The third kappa shape index (κ3) is 3.36. The first-order chi connectivity index (χ1) is 14.4. The Kier molecular flexibility index (Phi) is 4.94. The van der Waals surface area contributed by atoms with Gasteiger partial charge in [0.25, 0.3) is 0 Å². The Bertz CT molecular complexity index is 1400. The van der Waals surface area contributed by atoms with E-state index < -0.39 is 15.8 Å². The summed E-state index contributed by atoms with van der Waals surface area (Å²) >= 11 is 7.23. The lowest BCUT2D eigenvalue weighted by molar-refractivity contribution is 0.145. The van der Waals surface area contributed by atoms with Crippen molar-refractivity contribution in [2.24, 2.45) is 0 Å². The number of fused-ring (bicyclic) bond motifs is 3. The molecule has 1 fully saturated rings. The summed E-state index contributed by atoms with van der Waals surface area (Å²) in [6.07, 6.45) is 0. The predicted molar refractivity (Wildman–Crippen MR) is 116 cm³/mol. The molecule has 0 saturated carbocycles. The van der Waals surface area contributed by atoms with Gasteiger partial charge in [-0.25, -0.2) is 17.5 Å². The molecule has 0 unspecified atom stereocenters. The highest BCUT2D eigenvalue weighted by atomic mass is 32.2. The minimum Gasteiger partial charge on any atom is -0.282 e. The molecule has 0 spiro atoms. The van der Waals surface area contributed by atoms with Gasteiger partial charge >= 0.3 is 0 Å². The van der Waals surface area contributed by atoms with Crippen LogP contribution in [0.3, 0.4) is 0 Å². The molecule has 30 heavy (non-hydrogen) atoms. The van der Waals surface area contributed by atoms with E-state index >= 15 is 0 Å². The van der Waals surface area contributed by atoms with E-state index in [2.05, 4.69) is 10.00 Å². The van der Waals surface area contributed by atoms with Gasteiger partial charge in [0, 0.05) is 26.2 Å². The summed E-state index contributed by atoms with van der Waals surface area (Å²) in [4.78, 5) is 2.94. The van der Waals surface area contributed by atoms with Crippen molar-refractivity contribution in [1.82, 2.24) is 23.4 Å². The fraction of sp³-hybridized carbons (Fsp3) is 0.263. The van der Waals surface area contributed by atoms with Crippen LogP contribution >= 0.6 is 23.6 Å². The molecule has 2 aromatic carbocycles. The Morgan fingerprint density at radius 2 is 1.83 bits per heavy atom. The summed E-state index contributed by atoms with van der Waals surface area (Å²) in [7, 11) is -3.70. The molecule has 1 saturated heterocycles. The van der Waals surface area contributed by atoms with Gasteiger partial charge in [-0.15, -0.1) is 5.10 Å². The van der Waals surface area contributed by atoms with Crippen molar-refractivity contribution in [3.05, 3.63) is 59.1 Å². The number of sulfonamides is 1. The molecule has 0 atom stereocenters. The number of nitrogens with zero attached hydrogens (tertiary/aromatic N) is 5. The Labute approximate surface area is 181 Å². The summed E-state index contributed by atoms with van der Waals surface area (Å²) in [5.41, 5.74) is 1.04. The van der Waals surface area contributed by atoms with Crippen LogP contribution in [0, 0.1) is 10.6 Å². The van der Waals surface area contributed by atoms with E-state index in [1.807, 2.05) is 28.7 Å². The molecule has 0 radical (unpaired) electrons. The number of hydrogen-bond acceptors (Lipinski definition) is 6. The van der Waals surface area contributed by atoms with Crippen molar-refractivity contribution in [2.75, 3.05) is 26.2 Å². The van der Waals surface area contributed by atoms with Gasteiger partial charge in [-0.05, 0) is 42.5 Å². The van der Waals surface area contributed by atoms with E-state index in [0.717, 1.165) is 21.2 Å². The van der Waals surface area contributed by atoms with Crippen molar-refractivity contribution in [3.63, 3.8) is 0 Å². The van der Waals surface area contributed by atoms with E-state index in [0.29, 0.717) is 37.6 Å². The summed E-state index contributed by atoms with van der Waals surface area (Å²) in [6.45, 7) is 2.24. The lowest BCUT2D eigenvalue weighted by Gasteiger charge is -2.33. The van der Waals surface area contributed by atoms with Crippen LogP contribution in [0.4, 0.5) is 4.39 Å². The Hall–Kier alpha value is -2.18. The smallest absolute Gasteiger partial charge is 0.243 e. The first kappa shape index (κ1) is 19.8. The average Bonchev–Trinajstić information content (AvgIpc) is 3.25. The van der Waals surface area contributed by atoms with Gasteiger partial charge in [-0.1, -0.05) is 29.5 Å². The van der Waals surface area contributed by atoms with Crippen LogP contribution in [0.1, 0.15) is 0 Å². The van der Waals surface area contributed by atoms with Crippen LogP contribution in [0.15, 0.2) is 53.4 Å². The molecule has 156 valence electrons. The zero-order valence-electron chi connectivity index (χ0n) is 15.8. The number of thiazole rings is 1. The summed E-state index contributed by atoms with van der Waals surface area (Å²) < 4.78 is 45.9. The standard InChI is InChI=1S/C19H18FN5O2S3/c20-14-4-3-5-15(12-14)30(26,27)23-10-8-22(9-11-23)13-24-19(28)25-16-6-1-2-7-17(16)29-18(25)21-24/h1-7,12H,8-11,13H2. The molecule has 7 nitrogen and oxygen atoms in total. The average molecular weight is 464 g/mol.